The topological polar surface area (TPSA) is 24.9 Å². The summed E-state index contributed by atoms with van der Waals surface area (Å²) in [5.41, 5.74) is 1.50. The number of thiazole rings is 1. The fraction of sp³-hybridized carbons (Fsp3) is 0.417. The van der Waals surface area contributed by atoms with E-state index in [2.05, 4.69) is 28.7 Å². The molecule has 0 spiro atoms. The molecule has 2 aromatic heterocycles. The zero-order valence-electron chi connectivity index (χ0n) is 9.19. The molecule has 1 aliphatic rings. The van der Waals surface area contributed by atoms with Crippen LogP contribution in [0.4, 0.5) is 0 Å². The molecule has 0 saturated carbocycles. The molecule has 1 N–H and O–H groups in total. The van der Waals surface area contributed by atoms with Gasteiger partial charge in [-0.1, -0.05) is 6.92 Å². The Balaban J connectivity index is 1.97. The van der Waals surface area contributed by atoms with E-state index in [4.69, 9.17) is 0 Å². The number of fused-ring (bicyclic) bond motifs is 1. The molecule has 1 atom stereocenters. The first-order valence-electron chi connectivity index (χ1n) is 5.62. The molecule has 3 heterocycles. The molecule has 16 heavy (non-hydrogen) atoms. The molecule has 1 aliphatic heterocycles. The number of rotatable bonds is 2. The predicted molar refractivity (Wildman–Crippen MR) is 69.4 cm³/mol. The van der Waals surface area contributed by atoms with Gasteiger partial charge < -0.3 is 5.32 Å². The number of hydrogen-bond acceptors (Lipinski definition) is 4. The number of thiophene rings is 1. The van der Waals surface area contributed by atoms with Gasteiger partial charge in [-0.3, -0.25) is 0 Å². The lowest BCUT2D eigenvalue weighted by Gasteiger charge is -2.21. The van der Waals surface area contributed by atoms with Crippen LogP contribution < -0.4 is 5.32 Å². The maximum atomic E-state index is 4.55. The predicted octanol–water partition coefficient (Wildman–Crippen LogP) is 3.00. The van der Waals surface area contributed by atoms with Gasteiger partial charge in [0.2, 0.25) is 0 Å². The number of aromatic nitrogens is 1. The van der Waals surface area contributed by atoms with E-state index < -0.39 is 0 Å². The second kappa shape index (κ2) is 4.28. The highest BCUT2D eigenvalue weighted by Gasteiger charge is 2.24. The van der Waals surface area contributed by atoms with Gasteiger partial charge in [-0.05, 0) is 29.9 Å². The highest BCUT2D eigenvalue weighted by molar-refractivity contribution is 7.12. The lowest BCUT2D eigenvalue weighted by atomic mass is 10.0. The van der Waals surface area contributed by atoms with Crippen molar-refractivity contribution in [3.8, 4) is 0 Å². The Morgan fingerprint density at radius 3 is 3.31 bits per heavy atom. The third-order valence-corrected chi connectivity index (χ3v) is 5.18. The van der Waals surface area contributed by atoms with Gasteiger partial charge in [-0.2, -0.15) is 0 Å². The molecule has 2 aromatic rings. The standard InChI is InChI=1S/C12H14N2S2/c1-2-9-7-14-12(16-9)10-11-8(3-5-13-10)4-6-15-11/h4,6-7,10,13H,2-3,5H2,1H3. The van der Waals surface area contributed by atoms with Gasteiger partial charge in [0.05, 0.1) is 6.04 Å². The third kappa shape index (κ3) is 1.71. The second-order valence-corrected chi connectivity index (χ2v) is 6.06. The van der Waals surface area contributed by atoms with Crippen LogP contribution in [-0.4, -0.2) is 11.5 Å². The first kappa shape index (κ1) is 10.4. The summed E-state index contributed by atoms with van der Waals surface area (Å²) in [5.74, 6) is 0. The third-order valence-electron chi connectivity index (χ3n) is 2.95. The maximum Gasteiger partial charge on any atom is 0.115 e. The monoisotopic (exact) mass is 250 g/mol. The molecule has 0 radical (unpaired) electrons. The molecule has 84 valence electrons. The van der Waals surface area contributed by atoms with Crippen molar-refractivity contribution in [1.82, 2.24) is 10.3 Å². The summed E-state index contributed by atoms with van der Waals surface area (Å²) in [5, 5.41) is 6.99. The summed E-state index contributed by atoms with van der Waals surface area (Å²) in [7, 11) is 0. The fourth-order valence-corrected chi connectivity index (χ4v) is 4.12. The summed E-state index contributed by atoms with van der Waals surface area (Å²) < 4.78 is 0. The smallest absolute Gasteiger partial charge is 0.115 e. The molecule has 0 aromatic carbocycles. The van der Waals surface area contributed by atoms with Crippen molar-refractivity contribution in [3.05, 3.63) is 38.0 Å². The highest BCUT2D eigenvalue weighted by Crippen LogP contribution is 2.34. The average molecular weight is 250 g/mol. The van der Waals surface area contributed by atoms with Crippen molar-refractivity contribution >= 4 is 22.7 Å². The molecule has 0 bridgehead atoms. The minimum Gasteiger partial charge on any atom is -0.303 e. The van der Waals surface area contributed by atoms with Crippen LogP contribution in [0.2, 0.25) is 0 Å². The lowest BCUT2D eigenvalue weighted by molar-refractivity contribution is 0.576. The molecule has 1 unspecified atom stereocenters. The highest BCUT2D eigenvalue weighted by atomic mass is 32.1. The first-order chi connectivity index (χ1) is 7.88. The Morgan fingerprint density at radius 1 is 1.56 bits per heavy atom. The lowest BCUT2D eigenvalue weighted by Crippen LogP contribution is -2.29. The van der Waals surface area contributed by atoms with Crippen LogP contribution in [-0.2, 0) is 12.8 Å². The van der Waals surface area contributed by atoms with E-state index in [0.29, 0.717) is 6.04 Å². The van der Waals surface area contributed by atoms with Crippen molar-refractivity contribution in [2.75, 3.05) is 6.54 Å². The van der Waals surface area contributed by atoms with Gasteiger partial charge >= 0.3 is 0 Å². The number of nitrogens with zero attached hydrogens (tertiary/aromatic N) is 1. The molecule has 4 heteroatoms. The van der Waals surface area contributed by atoms with Crippen LogP contribution in [0.25, 0.3) is 0 Å². The molecule has 0 fully saturated rings. The Hall–Kier alpha value is -0.710. The second-order valence-electron chi connectivity index (χ2n) is 3.97. The van der Waals surface area contributed by atoms with Crippen molar-refractivity contribution < 1.29 is 0 Å². The molecular weight excluding hydrogens is 236 g/mol. The van der Waals surface area contributed by atoms with Gasteiger partial charge in [0, 0.05) is 22.5 Å². The fourth-order valence-electron chi connectivity index (χ4n) is 2.07. The van der Waals surface area contributed by atoms with Crippen LogP contribution in [0, 0.1) is 0 Å². The Labute approximate surface area is 103 Å². The normalized spacial score (nSPS) is 19.7. The minimum absolute atomic E-state index is 0.342. The van der Waals surface area contributed by atoms with E-state index in [9.17, 15) is 0 Å². The van der Waals surface area contributed by atoms with Crippen molar-refractivity contribution in [2.24, 2.45) is 0 Å². The van der Waals surface area contributed by atoms with E-state index in [1.54, 1.807) is 0 Å². The Bertz CT molecular complexity index is 487. The molecular formula is C12H14N2S2. The van der Waals surface area contributed by atoms with Gasteiger partial charge in [0.25, 0.3) is 0 Å². The van der Waals surface area contributed by atoms with E-state index in [1.807, 2.05) is 28.9 Å². The number of hydrogen-bond donors (Lipinski definition) is 1. The quantitative estimate of drug-likeness (QED) is 0.886. The summed E-state index contributed by atoms with van der Waals surface area (Å²) in [6.45, 7) is 3.25. The number of aryl methyl sites for hydroxylation is 1. The van der Waals surface area contributed by atoms with Gasteiger partial charge in [0.1, 0.15) is 5.01 Å². The Morgan fingerprint density at radius 2 is 2.50 bits per heavy atom. The molecule has 0 saturated heterocycles. The zero-order valence-corrected chi connectivity index (χ0v) is 10.8. The summed E-state index contributed by atoms with van der Waals surface area (Å²) in [6, 6.07) is 2.59. The zero-order chi connectivity index (χ0) is 11.0. The molecule has 3 rings (SSSR count). The number of nitrogens with one attached hydrogen (secondary N) is 1. The van der Waals surface area contributed by atoms with E-state index in [1.165, 1.54) is 20.3 Å². The largest absolute Gasteiger partial charge is 0.303 e. The molecule has 0 amide bonds. The van der Waals surface area contributed by atoms with E-state index in [-0.39, 0.29) is 0 Å². The van der Waals surface area contributed by atoms with Crippen LogP contribution in [0.1, 0.15) is 33.3 Å². The van der Waals surface area contributed by atoms with Crippen LogP contribution in [0.5, 0.6) is 0 Å². The summed E-state index contributed by atoms with van der Waals surface area (Å²) in [4.78, 5) is 7.39. The molecule has 0 aliphatic carbocycles. The van der Waals surface area contributed by atoms with Crippen molar-refractivity contribution in [1.29, 1.82) is 0 Å². The van der Waals surface area contributed by atoms with Crippen LogP contribution in [0.15, 0.2) is 17.6 Å². The maximum absolute atomic E-state index is 4.55. The first-order valence-corrected chi connectivity index (χ1v) is 7.32. The summed E-state index contributed by atoms with van der Waals surface area (Å²) >= 11 is 3.69. The van der Waals surface area contributed by atoms with Gasteiger partial charge in [0.15, 0.2) is 0 Å². The van der Waals surface area contributed by atoms with Gasteiger partial charge in [-0.15, -0.1) is 22.7 Å². The molecule has 2 nitrogen and oxygen atoms in total. The van der Waals surface area contributed by atoms with Crippen LogP contribution in [0.3, 0.4) is 0 Å². The van der Waals surface area contributed by atoms with Crippen molar-refractivity contribution in [2.45, 2.75) is 25.8 Å². The van der Waals surface area contributed by atoms with E-state index in [0.717, 1.165) is 19.4 Å². The van der Waals surface area contributed by atoms with E-state index >= 15 is 0 Å². The van der Waals surface area contributed by atoms with Crippen molar-refractivity contribution in [3.63, 3.8) is 0 Å². The Kier molecular flexibility index (Phi) is 2.79. The van der Waals surface area contributed by atoms with Gasteiger partial charge in [-0.25, -0.2) is 4.98 Å². The van der Waals surface area contributed by atoms with Crippen LogP contribution >= 0.6 is 22.7 Å². The SMILES string of the molecule is CCc1cnc(C2NCCc3ccsc32)s1. The minimum atomic E-state index is 0.342. The summed E-state index contributed by atoms with van der Waals surface area (Å²) in [6.07, 6.45) is 4.26. The average Bonchev–Trinajstić information content (AvgIpc) is 2.97.